The van der Waals surface area contributed by atoms with Gasteiger partial charge in [-0.3, -0.25) is 0 Å². The van der Waals surface area contributed by atoms with Gasteiger partial charge in [-0.2, -0.15) is 5.10 Å². The third-order valence-corrected chi connectivity index (χ3v) is 4.31. The fraction of sp³-hybridized carbons (Fsp3) is 0.0435. The highest BCUT2D eigenvalue weighted by molar-refractivity contribution is 6.12. The largest absolute Gasteiger partial charge is 0.464 e. The van der Waals surface area contributed by atoms with Gasteiger partial charge in [0.25, 0.3) is 0 Å². The molecule has 0 radical (unpaired) electrons. The minimum atomic E-state index is -0.786. The number of nitrogens with zero attached hydrogens (tertiary/aromatic N) is 2. The summed E-state index contributed by atoms with van der Waals surface area (Å²) in [5, 5.41) is 19.2. The predicted molar refractivity (Wildman–Crippen MR) is 107 cm³/mol. The van der Waals surface area contributed by atoms with E-state index in [0.29, 0.717) is 11.3 Å². The average molecular weight is 354 g/mol. The maximum absolute atomic E-state index is 10.5. The Labute approximate surface area is 157 Å². The van der Waals surface area contributed by atoms with E-state index in [4.69, 9.17) is 4.74 Å². The summed E-state index contributed by atoms with van der Waals surface area (Å²) in [6, 6.07) is 27.2. The van der Waals surface area contributed by atoms with Crippen LogP contribution in [-0.4, -0.2) is 17.0 Å². The summed E-state index contributed by atoms with van der Waals surface area (Å²) in [6.07, 6.45) is 2.26. The molecule has 4 rings (SSSR count). The number of ether oxygens (including phenoxy) is 1. The van der Waals surface area contributed by atoms with E-state index < -0.39 is 6.10 Å². The molecule has 4 nitrogen and oxygen atoms in total. The van der Waals surface area contributed by atoms with E-state index >= 15 is 0 Å². The molecule has 132 valence electrons. The van der Waals surface area contributed by atoms with Gasteiger partial charge in [-0.05, 0) is 6.07 Å². The zero-order chi connectivity index (χ0) is 18.5. The normalized spacial score (nSPS) is 15.6. The van der Waals surface area contributed by atoms with Crippen LogP contribution in [0.5, 0.6) is 5.75 Å². The smallest absolute Gasteiger partial charge is 0.132 e. The van der Waals surface area contributed by atoms with Crippen molar-refractivity contribution in [3.63, 3.8) is 0 Å². The van der Waals surface area contributed by atoms with E-state index in [1.165, 1.54) is 12.5 Å². The van der Waals surface area contributed by atoms with Gasteiger partial charge in [0.2, 0.25) is 0 Å². The maximum atomic E-state index is 10.5. The number of para-hydroxylation sites is 1. The van der Waals surface area contributed by atoms with E-state index in [1.54, 1.807) is 0 Å². The van der Waals surface area contributed by atoms with Crippen LogP contribution < -0.4 is 4.74 Å². The first-order chi connectivity index (χ1) is 13.3. The topological polar surface area (TPSA) is 54.2 Å². The van der Waals surface area contributed by atoms with Crippen molar-refractivity contribution in [1.29, 1.82) is 0 Å². The van der Waals surface area contributed by atoms with Crippen molar-refractivity contribution in [2.45, 2.75) is 6.10 Å². The third-order valence-electron chi connectivity index (χ3n) is 4.31. The number of rotatable bonds is 4. The lowest BCUT2D eigenvalue weighted by Gasteiger charge is -2.20. The van der Waals surface area contributed by atoms with Crippen LogP contribution in [0.4, 0.5) is 0 Å². The number of hydrogen-bond acceptors (Lipinski definition) is 4. The summed E-state index contributed by atoms with van der Waals surface area (Å²) in [5.74, 6) is 0.653. The van der Waals surface area contributed by atoms with Crippen LogP contribution in [-0.2, 0) is 0 Å². The molecule has 1 unspecified atom stereocenters. The van der Waals surface area contributed by atoms with Crippen LogP contribution in [0.3, 0.4) is 0 Å². The van der Waals surface area contributed by atoms with Crippen LogP contribution in [0.15, 0.2) is 107 Å². The van der Waals surface area contributed by atoms with Crippen molar-refractivity contribution in [2.75, 3.05) is 0 Å². The Balaban J connectivity index is 1.64. The molecule has 0 aromatic heterocycles. The van der Waals surface area contributed by atoms with Crippen molar-refractivity contribution in [3.05, 3.63) is 113 Å². The monoisotopic (exact) mass is 354 g/mol. The first kappa shape index (κ1) is 16.9. The minimum Gasteiger partial charge on any atom is -0.464 e. The number of fused-ring (bicyclic) bond motifs is 1. The van der Waals surface area contributed by atoms with Crippen molar-refractivity contribution < 1.29 is 9.84 Å². The fourth-order valence-electron chi connectivity index (χ4n) is 2.92. The Hall–Kier alpha value is -3.50. The molecular formula is C23H18N2O2. The lowest BCUT2D eigenvalue weighted by molar-refractivity contribution is 0.206. The Morgan fingerprint density at radius 2 is 1.41 bits per heavy atom. The predicted octanol–water partition coefficient (Wildman–Crippen LogP) is 4.52. The average Bonchev–Trinajstić information content (AvgIpc) is 2.74. The standard InChI is InChI=1S/C23H18N2O2/c26-23-19(16-27-21-14-8-7-13-20(21)23)15-24-25-22(17-9-3-1-4-10-17)18-11-5-2-6-12-18/h1-16,23,26H/b24-15+. The highest BCUT2D eigenvalue weighted by Crippen LogP contribution is 2.33. The molecule has 0 amide bonds. The highest BCUT2D eigenvalue weighted by Gasteiger charge is 2.21. The number of benzene rings is 3. The Morgan fingerprint density at radius 1 is 0.815 bits per heavy atom. The molecular weight excluding hydrogens is 336 g/mol. The highest BCUT2D eigenvalue weighted by atomic mass is 16.5. The number of aliphatic hydroxyl groups is 1. The Morgan fingerprint density at radius 3 is 2.07 bits per heavy atom. The van der Waals surface area contributed by atoms with E-state index in [9.17, 15) is 5.11 Å². The molecule has 4 heteroatoms. The second-order valence-electron chi connectivity index (χ2n) is 6.10. The minimum absolute atomic E-state index is 0.554. The number of aliphatic hydroxyl groups excluding tert-OH is 1. The summed E-state index contributed by atoms with van der Waals surface area (Å²) in [6.45, 7) is 0. The van der Waals surface area contributed by atoms with Crippen molar-refractivity contribution >= 4 is 11.9 Å². The van der Waals surface area contributed by atoms with Crippen molar-refractivity contribution in [3.8, 4) is 5.75 Å². The van der Waals surface area contributed by atoms with Crippen LogP contribution in [0.1, 0.15) is 22.8 Å². The van der Waals surface area contributed by atoms with Gasteiger partial charge in [-0.1, -0.05) is 78.9 Å². The second kappa shape index (κ2) is 7.81. The molecule has 1 aliphatic heterocycles. The van der Waals surface area contributed by atoms with Crippen LogP contribution >= 0.6 is 0 Å². The van der Waals surface area contributed by atoms with Gasteiger partial charge in [-0.15, -0.1) is 5.10 Å². The molecule has 0 fully saturated rings. The molecule has 27 heavy (non-hydrogen) atoms. The molecule has 3 aromatic rings. The zero-order valence-corrected chi connectivity index (χ0v) is 14.6. The van der Waals surface area contributed by atoms with Crippen LogP contribution in [0.25, 0.3) is 0 Å². The SMILES string of the molecule is OC1C(/C=N/N=C(c2ccccc2)c2ccccc2)=COc2ccccc21. The first-order valence-electron chi connectivity index (χ1n) is 8.68. The maximum Gasteiger partial charge on any atom is 0.132 e. The van der Waals surface area contributed by atoms with Gasteiger partial charge < -0.3 is 9.84 Å². The molecule has 1 heterocycles. The van der Waals surface area contributed by atoms with Gasteiger partial charge in [0.15, 0.2) is 0 Å². The van der Waals surface area contributed by atoms with Crippen LogP contribution in [0.2, 0.25) is 0 Å². The molecule has 0 saturated heterocycles. The van der Waals surface area contributed by atoms with Gasteiger partial charge in [0.1, 0.15) is 17.6 Å². The summed E-state index contributed by atoms with van der Waals surface area (Å²) >= 11 is 0. The summed E-state index contributed by atoms with van der Waals surface area (Å²) < 4.78 is 5.57. The molecule has 1 atom stereocenters. The molecule has 1 N–H and O–H groups in total. The van der Waals surface area contributed by atoms with E-state index in [2.05, 4.69) is 10.2 Å². The molecule has 0 bridgehead atoms. The van der Waals surface area contributed by atoms with Crippen molar-refractivity contribution in [1.82, 2.24) is 0 Å². The molecule has 0 aliphatic carbocycles. The lowest BCUT2D eigenvalue weighted by atomic mass is 10.0. The van der Waals surface area contributed by atoms with E-state index in [-0.39, 0.29) is 0 Å². The number of hydrogen-bond donors (Lipinski definition) is 1. The zero-order valence-electron chi connectivity index (χ0n) is 14.6. The van der Waals surface area contributed by atoms with Crippen LogP contribution in [0, 0.1) is 0 Å². The first-order valence-corrected chi connectivity index (χ1v) is 8.68. The van der Waals surface area contributed by atoms with Gasteiger partial charge in [-0.25, -0.2) is 0 Å². The third kappa shape index (κ3) is 3.71. The van der Waals surface area contributed by atoms with Gasteiger partial charge in [0.05, 0.1) is 12.5 Å². The van der Waals surface area contributed by atoms with Gasteiger partial charge >= 0.3 is 0 Å². The van der Waals surface area contributed by atoms with E-state index in [1.807, 2.05) is 84.9 Å². The summed E-state index contributed by atoms with van der Waals surface area (Å²) in [4.78, 5) is 0. The molecule has 0 spiro atoms. The summed E-state index contributed by atoms with van der Waals surface area (Å²) in [5.41, 5.74) is 3.98. The molecule has 1 aliphatic rings. The Bertz CT molecular complexity index is 967. The summed E-state index contributed by atoms with van der Waals surface area (Å²) in [7, 11) is 0. The lowest BCUT2D eigenvalue weighted by Crippen LogP contribution is -2.10. The quantitative estimate of drug-likeness (QED) is 0.553. The van der Waals surface area contributed by atoms with Crippen molar-refractivity contribution in [2.24, 2.45) is 10.2 Å². The fourth-order valence-corrected chi connectivity index (χ4v) is 2.92. The molecule has 3 aromatic carbocycles. The van der Waals surface area contributed by atoms with Gasteiger partial charge in [0, 0.05) is 22.3 Å². The second-order valence-corrected chi connectivity index (χ2v) is 6.10. The molecule has 0 saturated carbocycles. The van der Waals surface area contributed by atoms with E-state index in [0.717, 1.165) is 22.4 Å². The Kier molecular flexibility index (Phi) is 4.90.